The SMILES string of the molecule is C=CC(=O)OCCOCC(CC)(COCCOC)COCCOC(=O)/C=C/C=C/C(=O)OCC(F)(F)C(F)(F)C(F)(F)C(F)(F)COC(=O)C=C. The summed E-state index contributed by atoms with van der Waals surface area (Å²) in [4.78, 5) is 45.4. The van der Waals surface area contributed by atoms with Gasteiger partial charge in [-0.3, -0.25) is 0 Å². The van der Waals surface area contributed by atoms with Gasteiger partial charge in [0.15, 0.2) is 13.2 Å². The standard InChI is InChI=1S/C31H40F8O12/c1-5-23(40)48-16-14-46-19-27(7-3,18-45-13-12-44-4)20-47-15-17-49-25(42)10-8-9-11-26(43)51-22-29(34,35)31(38,39)30(36,37)28(32,33)21-50-24(41)6-2/h5-6,8-11H,1-2,7,12-22H2,3-4H3/b10-8+,11-9+. The van der Waals surface area contributed by atoms with E-state index in [0.717, 1.165) is 18.2 Å². The van der Waals surface area contributed by atoms with Crippen LogP contribution >= 0.6 is 0 Å². The maximum atomic E-state index is 13.9. The summed E-state index contributed by atoms with van der Waals surface area (Å²) >= 11 is 0. The Labute approximate surface area is 288 Å². The minimum Gasteiger partial charge on any atom is -0.460 e. The summed E-state index contributed by atoms with van der Waals surface area (Å²) in [7, 11) is 1.51. The summed E-state index contributed by atoms with van der Waals surface area (Å²) in [6.45, 7) is 3.38. The Hall–Kier alpha value is -3.88. The average Bonchev–Trinajstić information content (AvgIpc) is 3.08. The van der Waals surface area contributed by atoms with Crippen LogP contribution in [0, 0.1) is 5.41 Å². The molecule has 0 saturated heterocycles. The molecule has 20 heteroatoms. The molecule has 0 N–H and O–H groups in total. The van der Waals surface area contributed by atoms with Gasteiger partial charge in [0.25, 0.3) is 0 Å². The first-order valence-corrected chi connectivity index (χ1v) is 14.8. The lowest BCUT2D eigenvalue weighted by molar-refractivity contribution is -0.374. The van der Waals surface area contributed by atoms with Crippen LogP contribution in [0.3, 0.4) is 0 Å². The number of allylic oxidation sites excluding steroid dienone is 2. The fraction of sp³-hybridized carbons (Fsp3) is 0.613. The normalized spacial score (nSPS) is 13.8. The molecule has 0 rings (SSSR count). The number of methoxy groups -OCH3 is 1. The van der Waals surface area contributed by atoms with Crippen molar-refractivity contribution in [2.45, 2.75) is 37.0 Å². The van der Waals surface area contributed by atoms with Gasteiger partial charge < -0.3 is 37.9 Å². The molecule has 0 aromatic heterocycles. The van der Waals surface area contributed by atoms with Crippen molar-refractivity contribution in [2.75, 3.05) is 79.8 Å². The van der Waals surface area contributed by atoms with Crippen molar-refractivity contribution in [1.82, 2.24) is 0 Å². The van der Waals surface area contributed by atoms with Crippen LogP contribution in [-0.4, -0.2) is 127 Å². The van der Waals surface area contributed by atoms with Gasteiger partial charge in [-0.2, -0.15) is 35.1 Å². The Bertz CT molecular complexity index is 1190. The maximum Gasteiger partial charge on any atom is 0.381 e. The first-order valence-electron chi connectivity index (χ1n) is 14.8. The predicted molar refractivity (Wildman–Crippen MR) is 159 cm³/mol. The summed E-state index contributed by atoms with van der Waals surface area (Å²) < 4.78 is 149. The van der Waals surface area contributed by atoms with E-state index in [1.54, 1.807) is 0 Å². The molecule has 0 aromatic rings. The van der Waals surface area contributed by atoms with E-state index in [4.69, 9.17) is 28.4 Å². The molecule has 12 nitrogen and oxygen atoms in total. The molecule has 0 aromatic carbocycles. The van der Waals surface area contributed by atoms with E-state index in [2.05, 4.69) is 22.6 Å². The second-order valence-electron chi connectivity index (χ2n) is 10.2. The van der Waals surface area contributed by atoms with Gasteiger partial charge in [0.2, 0.25) is 0 Å². The predicted octanol–water partition coefficient (Wildman–Crippen LogP) is 4.28. The van der Waals surface area contributed by atoms with Crippen molar-refractivity contribution in [2.24, 2.45) is 5.41 Å². The number of carbonyl (C=O) groups excluding carboxylic acids is 4. The molecule has 0 radical (unpaired) electrons. The molecular formula is C31H40F8O12. The minimum atomic E-state index is -6.78. The fourth-order valence-electron chi connectivity index (χ4n) is 3.29. The Balaban J connectivity index is 4.90. The Kier molecular flexibility index (Phi) is 21.1. The van der Waals surface area contributed by atoms with E-state index in [1.165, 1.54) is 7.11 Å². The van der Waals surface area contributed by atoms with Crippen molar-refractivity contribution in [3.8, 4) is 0 Å². The van der Waals surface area contributed by atoms with Crippen LogP contribution in [0.1, 0.15) is 13.3 Å². The maximum absolute atomic E-state index is 13.9. The quantitative estimate of drug-likeness (QED) is 0.0281. The van der Waals surface area contributed by atoms with Crippen LogP contribution in [0.4, 0.5) is 35.1 Å². The van der Waals surface area contributed by atoms with E-state index >= 15 is 0 Å². The summed E-state index contributed by atoms with van der Waals surface area (Å²) in [5, 5.41) is 0. The van der Waals surface area contributed by atoms with Gasteiger partial charge in [-0.05, 0) is 6.42 Å². The van der Waals surface area contributed by atoms with E-state index in [9.17, 15) is 54.3 Å². The topological polar surface area (TPSA) is 142 Å². The summed E-state index contributed by atoms with van der Waals surface area (Å²) in [6.07, 6.45) is 4.43. The largest absolute Gasteiger partial charge is 0.460 e. The van der Waals surface area contributed by atoms with E-state index in [1.807, 2.05) is 6.92 Å². The lowest BCUT2D eigenvalue weighted by atomic mass is 9.88. The number of halogens is 8. The number of hydrogen-bond donors (Lipinski definition) is 0. The minimum absolute atomic E-state index is 0.00477. The van der Waals surface area contributed by atoms with Crippen LogP contribution in [-0.2, 0) is 57.1 Å². The van der Waals surface area contributed by atoms with Gasteiger partial charge in [0.1, 0.15) is 13.2 Å². The highest BCUT2D eigenvalue weighted by Crippen LogP contribution is 2.52. The number of hydrogen-bond acceptors (Lipinski definition) is 12. The first-order chi connectivity index (χ1) is 23.8. The van der Waals surface area contributed by atoms with Crippen LogP contribution in [0.2, 0.25) is 0 Å². The first kappa shape index (κ1) is 47.1. The molecule has 0 fully saturated rings. The third kappa shape index (κ3) is 16.3. The molecule has 1 unspecified atom stereocenters. The van der Waals surface area contributed by atoms with E-state index < -0.39 is 66.2 Å². The van der Waals surface area contributed by atoms with Gasteiger partial charge in [0.05, 0.1) is 46.2 Å². The van der Waals surface area contributed by atoms with Crippen molar-refractivity contribution in [3.63, 3.8) is 0 Å². The van der Waals surface area contributed by atoms with Gasteiger partial charge in [-0.1, -0.05) is 32.2 Å². The van der Waals surface area contributed by atoms with Crippen molar-refractivity contribution in [1.29, 1.82) is 0 Å². The van der Waals surface area contributed by atoms with Gasteiger partial charge in [-0.25, -0.2) is 19.2 Å². The molecule has 0 aliphatic carbocycles. The number of alkyl halides is 8. The lowest BCUT2D eigenvalue weighted by Crippen LogP contribution is -2.64. The van der Waals surface area contributed by atoms with Crippen molar-refractivity contribution < 1.29 is 92.2 Å². The number of esters is 4. The Morgan fingerprint density at radius 1 is 0.529 bits per heavy atom. The number of rotatable bonds is 28. The van der Waals surface area contributed by atoms with Crippen LogP contribution in [0.25, 0.3) is 0 Å². The molecule has 0 amide bonds. The molecule has 0 spiro atoms. The Morgan fingerprint density at radius 2 is 0.882 bits per heavy atom. The number of carbonyl (C=O) groups is 4. The molecule has 0 bridgehead atoms. The smallest absolute Gasteiger partial charge is 0.381 e. The van der Waals surface area contributed by atoms with Crippen LogP contribution in [0.15, 0.2) is 49.6 Å². The second-order valence-corrected chi connectivity index (χ2v) is 10.2. The van der Waals surface area contributed by atoms with Crippen molar-refractivity contribution in [3.05, 3.63) is 49.6 Å². The summed E-state index contributed by atoms with van der Waals surface area (Å²) in [5.41, 5.74) is -0.632. The average molecular weight is 757 g/mol. The van der Waals surface area contributed by atoms with E-state index in [0.29, 0.717) is 31.8 Å². The molecule has 0 saturated carbocycles. The molecule has 1 atom stereocenters. The molecule has 0 aliphatic rings. The monoisotopic (exact) mass is 756 g/mol. The van der Waals surface area contributed by atoms with Crippen LogP contribution in [0.5, 0.6) is 0 Å². The zero-order chi connectivity index (χ0) is 39.2. The molecule has 0 heterocycles. The zero-order valence-corrected chi connectivity index (χ0v) is 27.8. The van der Waals surface area contributed by atoms with Crippen molar-refractivity contribution >= 4 is 23.9 Å². The third-order valence-corrected chi connectivity index (χ3v) is 6.36. The molecule has 292 valence electrons. The lowest BCUT2D eigenvalue weighted by Gasteiger charge is -2.36. The third-order valence-electron chi connectivity index (χ3n) is 6.36. The highest BCUT2D eigenvalue weighted by atomic mass is 19.4. The van der Waals surface area contributed by atoms with Gasteiger partial charge in [-0.15, -0.1) is 0 Å². The highest BCUT2D eigenvalue weighted by molar-refractivity contribution is 5.84. The molecular weight excluding hydrogens is 716 g/mol. The fourth-order valence-corrected chi connectivity index (χ4v) is 3.29. The second kappa shape index (κ2) is 22.8. The Morgan fingerprint density at radius 3 is 1.27 bits per heavy atom. The van der Waals surface area contributed by atoms with Gasteiger partial charge in [0, 0.05) is 36.8 Å². The van der Waals surface area contributed by atoms with E-state index in [-0.39, 0.29) is 52.3 Å². The molecule has 0 aliphatic heterocycles. The van der Waals surface area contributed by atoms with Gasteiger partial charge >= 0.3 is 47.6 Å². The number of ether oxygens (including phenoxy) is 8. The summed E-state index contributed by atoms with van der Waals surface area (Å²) in [5.74, 6) is -30.6. The zero-order valence-electron chi connectivity index (χ0n) is 27.8. The van der Waals surface area contributed by atoms with Crippen LogP contribution < -0.4 is 0 Å². The highest BCUT2D eigenvalue weighted by Gasteiger charge is 2.81. The summed E-state index contributed by atoms with van der Waals surface area (Å²) in [6, 6.07) is 0. The molecule has 51 heavy (non-hydrogen) atoms.